The van der Waals surface area contributed by atoms with E-state index in [1.165, 1.54) is 9.58 Å². The number of ether oxygens (including phenoxy) is 1. The summed E-state index contributed by atoms with van der Waals surface area (Å²) < 4.78 is 31.7. The van der Waals surface area contributed by atoms with Gasteiger partial charge in [-0.3, -0.25) is 14.3 Å². The highest BCUT2D eigenvalue weighted by atomic mass is 32.2. The zero-order chi connectivity index (χ0) is 23.4. The number of hydrogen-bond acceptors (Lipinski definition) is 7. The molecular formula is C20H32N4O6S. The molecule has 0 saturated heterocycles. The van der Waals surface area contributed by atoms with Crippen molar-refractivity contribution in [3.8, 4) is 0 Å². The lowest BCUT2D eigenvalue weighted by Gasteiger charge is -2.35. The number of aliphatic hydroxyl groups is 1. The van der Waals surface area contributed by atoms with Gasteiger partial charge >= 0.3 is 0 Å². The molecule has 1 aliphatic carbocycles. The lowest BCUT2D eigenvalue weighted by atomic mass is 10.0. The molecule has 3 rings (SSSR count). The van der Waals surface area contributed by atoms with E-state index in [9.17, 15) is 23.1 Å². The molecule has 174 valence electrons. The van der Waals surface area contributed by atoms with Crippen LogP contribution in [-0.2, 0) is 28.0 Å². The number of sulfone groups is 1. The molecule has 31 heavy (non-hydrogen) atoms. The van der Waals surface area contributed by atoms with Crippen molar-refractivity contribution >= 4 is 21.7 Å². The second-order valence-corrected chi connectivity index (χ2v) is 12.9. The van der Waals surface area contributed by atoms with Gasteiger partial charge in [0, 0.05) is 25.7 Å². The number of aryl methyl sites for hydroxylation is 1. The Morgan fingerprint density at radius 1 is 1.26 bits per heavy atom. The summed E-state index contributed by atoms with van der Waals surface area (Å²) >= 11 is 0. The first-order valence-electron chi connectivity index (χ1n) is 10.3. The molecule has 3 N–H and O–H groups in total. The zero-order valence-electron chi connectivity index (χ0n) is 18.8. The van der Waals surface area contributed by atoms with Crippen molar-refractivity contribution in [3.63, 3.8) is 0 Å². The van der Waals surface area contributed by atoms with Gasteiger partial charge in [0.1, 0.15) is 5.69 Å². The average Bonchev–Trinajstić information content (AvgIpc) is 3.33. The van der Waals surface area contributed by atoms with E-state index in [1.807, 2.05) is 0 Å². The van der Waals surface area contributed by atoms with Crippen LogP contribution in [-0.4, -0.2) is 81.4 Å². The SMILES string of the molecule is Cn1nc(C(N)=O)c2c1C(=O)N(CC1(S(=O)(=O)C(C)(C)COCC(C)(C)O)CC1)CC2. The van der Waals surface area contributed by atoms with E-state index in [-0.39, 0.29) is 37.1 Å². The summed E-state index contributed by atoms with van der Waals surface area (Å²) in [5, 5.41) is 13.9. The van der Waals surface area contributed by atoms with Crippen LogP contribution in [0.3, 0.4) is 0 Å². The van der Waals surface area contributed by atoms with Gasteiger partial charge in [-0.05, 0) is 47.0 Å². The van der Waals surface area contributed by atoms with Crippen molar-refractivity contribution in [2.24, 2.45) is 12.8 Å². The van der Waals surface area contributed by atoms with Crippen molar-refractivity contribution in [2.75, 3.05) is 26.3 Å². The molecule has 0 bridgehead atoms. The van der Waals surface area contributed by atoms with E-state index in [0.29, 0.717) is 31.4 Å². The summed E-state index contributed by atoms with van der Waals surface area (Å²) in [5.74, 6) is -1.03. The number of nitrogens with two attached hydrogens (primary N) is 1. The minimum absolute atomic E-state index is 0.0228. The minimum atomic E-state index is -3.66. The van der Waals surface area contributed by atoms with Crippen molar-refractivity contribution in [2.45, 2.75) is 62.1 Å². The Hall–Kier alpha value is -1.98. The Balaban J connectivity index is 1.78. The van der Waals surface area contributed by atoms with Gasteiger partial charge in [0.2, 0.25) is 0 Å². The maximum atomic E-state index is 13.5. The fourth-order valence-electron chi connectivity index (χ4n) is 4.13. The molecule has 1 aliphatic heterocycles. The molecule has 0 aromatic carbocycles. The van der Waals surface area contributed by atoms with Gasteiger partial charge in [-0.25, -0.2) is 8.42 Å². The molecule has 11 heteroatoms. The summed E-state index contributed by atoms with van der Waals surface area (Å²) in [6.45, 7) is 6.76. The molecule has 1 fully saturated rings. The molecule has 2 amide bonds. The zero-order valence-corrected chi connectivity index (χ0v) is 19.6. The van der Waals surface area contributed by atoms with E-state index in [2.05, 4.69) is 5.10 Å². The summed E-state index contributed by atoms with van der Waals surface area (Å²) in [4.78, 5) is 26.3. The van der Waals surface area contributed by atoms with E-state index in [0.717, 1.165) is 0 Å². The van der Waals surface area contributed by atoms with Crippen LogP contribution in [0.4, 0.5) is 0 Å². The third-order valence-corrected chi connectivity index (χ3v) is 9.24. The Morgan fingerprint density at radius 2 is 1.87 bits per heavy atom. The van der Waals surface area contributed by atoms with E-state index in [4.69, 9.17) is 10.5 Å². The van der Waals surface area contributed by atoms with Crippen LogP contribution in [0.15, 0.2) is 0 Å². The molecule has 0 spiro atoms. The number of aromatic nitrogens is 2. The molecule has 2 heterocycles. The van der Waals surface area contributed by atoms with Gasteiger partial charge < -0.3 is 20.5 Å². The van der Waals surface area contributed by atoms with Crippen LogP contribution in [0.1, 0.15) is 67.1 Å². The summed E-state index contributed by atoms with van der Waals surface area (Å²) in [7, 11) is -2.09. The van der Waals surface area contributed by atoms with Crippen LogP contribution >= 0.6 is 0 Å². The molecule has 10 nitrogen and oxygen atoms in total. The predicted molar refractivity (Wildman–Crippen MR) is 113 cm³/mol. The highest BCUT2D eigenvalue weighted by Crippen LogP contribution is 2.49. The lowest BCUT2D eigenvalue weighted by molar-refractivity contribution is -0.0253. The first-order valence-corrected chi connectivity index (χ1v) is 11.8. The van der Waals surface area contributed by atoms with Crippen LogP contribution < -0.4 is 5.73 Å². The third-order valence-electron chi connectivity index (χ3n) is 5.99. The first kappa shape index (κ1) is 23.7. The minimum Gasteiger partial charge on any atom is -0.388 e. The Kier molecular flexibility index (Phi) is 5.77. The Labute approximate surface area is 182 Å². The molecule has 2 aliphatic rings. The molecule has 1 saturated carbocycles. The number of rotatable bonds is 9. The lowest BCUT2D eigenvalue weighted by Crippen LogP contribution is -2.52. The molecule has 1 aromatic rings. The highest BCUT2D eigenvalue weighted by molar-refractivity contribution is 7.94. The van der Waals surface area contributed by atoms with Crippen molar-refractivity contribution in [1.82, 2.24) is 14.7 Å². The van der Waals surface area contributed by atoms with Crippen LogP contribution in [0.2, 0.25) is 0 Å². The van der Waals surface area contributed by atoms with E-state index < -0.39 is 30.8 Å². The Bertz CT molecular complexity index is 1000. The smallest absolute Gasteiger partial charge is 0.272 e. The number of amides is 2. The fraction of sp³-hybridized carbons (Fsp3) is 0.750. The maximum Gasteiger partial charge on any atom is 0.272 e. The largest absolute Gasteiger partial charge is 0.388 e. The Morgan fingerprint density at radius 3 is 2.39 bits per heavy atom. The number of carbonyl (C=O) groups excluding carboxylic acids is 2. The van der Waals surface area contributed by atoms with Gasteiger partial charge in [-0.2, -0.15) is 5.10 Å². The number of fused-ring (bicyclic) bond motifs is 1. The quantitative estimate of drug-likeness (QED) is 0.533. The second-order valence-electron chi connectivity index (χ2n) is 9.89. The van der Waals surface area contributed by atoms with Crippen LogP contribution in [0, 0.1) is 0 Å². The number of carbonyl (C=O) groups is 2. The van der Waals surface area contributed by atoms with Crippen molar-refractivity contribution in [1.29, 1.82) is 0 Å². The number of hydrogen-bond donors (Lipinski definition) is 2. The summed E-state index contributed by atoms with van der Waals surface area (Å²) in [6, 6.07) is 0. The molecular weight excluding hydrogens is 424 g/mol. The molecule has 0 radical (unpaired) electrons. The van der Waals surface area contributed by atoms with Crippen molar-refractivity contribution < 1.29 is 27.9 Å². The van der Waals surface area contributed by atoms with Gasteiger partial charge in [0.05, 0.1) is 28.3 Å². The first-order chi connectivity index (χ1) is 14.1. The van der Waals surface area contributed by atoms with Gasteiger partial charge in [-0.1, -0.05) is 0 Å². The molecule has 0 atom stereocenters. The summed E-state index contributed by atoms with van der Waals surface area (Å²) in [6.07, 6.45) is 1.33. The van der Waals surface area contributed by atoms with Crippen molar-refractivity contribution in [3.05, 3.63) is 17.0 Å². The third kappa shape index (κ3) is 4.22. The molecule has 1 aromatic heterocycles. The molecule has 0 unspecified atom stereocenters. The van der Waals surface area contributed by atoms with Crippen LogP contribution in [0.5, 0.6) is 0 Å². The maximum absolute atomic E-state index is 13.5. The number of nitrogens with zero attached hydrogens (tertiary/aromatic N) is 3. The van der Waals surface area contributed by atoms with Crippen LogP contribution in [0.25, 0.3) is 0 Å². The average molecular weight is 457 g/mol. The van der Waals surface area contributed by atoms with E-state index >= 15 is 0 Å². The van der Waals surface area contributed by atoms with E-state index in [1.54, 1.807) is 34.7 Å². The highest BCUT2D eigenvalue weighted by Gasteiger charge is 2.61. The topological polar surface area (TPSA) is 145 Å². The van der Waals surface area contributed by atoms with Gasteiger partial charge in [0.25, 0.3) is 11.8 Å². The normalized spacial score (nSPS) is 18.8. The fourth-order valence-corrected chi connectivity index (χ4v) is 6.50. The monoisotopic (exact) mass is 456 g/mol. The van der Waals surface area contributed by atoms with Gasteiger partial charge in [-0.15, -0.1) is 0 Å². The number of primary amides is 1. The summed E-state index contributed by atoms with van der Waals surface area (Å²) in [5.41, 5.74) is 5.20. The predicted octanol–water partition coefficient (Wildman–Crippen LogP) is 0.0308. The van der Waals surface area contributed by atoms with Gasteiger partial charge in [0.15, 0.2) is 15.5 Å². The standard InChI is InChI=1S/C20H32N4O6S/c1-18(2,27)11-30-12-19(3,4)31(28,29)20(7-8-20)10-24-9-6-13-14(16(21)25)22-23(5)15(13)17(24)26/h27H,6-12H2,1-5H3,(H2,21,25). The second kappa shape index (κ2) is 7.56.